The van der Waals surface area contributed by atoms with Gasteiger partial charge in [0.25, 0.3) is 0 Å². The zero-order chi connectivity index (χ0) is 20.1. The van der Waals surface area contributed by atoms with Gasteiger partial charge in [0, 0.05) is 32.7 Å². The number of morpholine rings is 1. The van der Waals surface area contributed by atoms with Crippen LogP contribution in [0, 0.1) is 0 Å². The largest absolute Gasteiger partial charge is 0.416 e. The maximum Gasteiger partial charge on any atom is 0.416 e. The summed E-state index contributed by atoms with van der Waals surface area (Å²) in [5, 5.41) is 3.39. The fourth-order valence-corrected chi connectivity index (χ4v) is 3.64. The van der Waals surface area contributed by atoms with Crippen molar-refractivity contribution in [3.63, 3.8) is 0 Å². The summed E-state index contributed by atoms with van der Waals surface area (Å²) in [7, 11) is 1.73. The van der Waals surface area contributed by atoms with Crippen LogP contribution in [-0.2, 0) is 10.9 Å². The first-order valence-electron chi connectivity index (χ1n) is 9.90. The zero-order valence-corrected chi connectivity index (χ0v) is 16.5. The number of likely N-dealkylation sites (N-methyl/N-ethyl adjacent to an activating group) is 1. The van der Waals surface area contributed by atoms with Crippen LogP contribution >= 0.6 is 0 Å². The van der Waals surface area contributed by atoms with Gasteiger partial charge in [-0.1, -0.05) is 19.1 Å². The average molecular weight is 398 g/mol. The van der Waals surface area contributed by atoms with Crippen molar-refractivity contribution in [2.24, 2.45) is 4.99 Å². The lowest BCUT2D eigenvalue weighted by atomic mass is 10.0. The fraction of sp³-hybridized carbons (Fsp3) is 0.650. The van der Waals surface area contributed by atoms with Gasteiger partial charge in [-0.2, -0.15) is 13.2 Å². The molecular weight excluding hydrogens is 369 g/mol. The summed E-state index contributed by atoms with van der Waals surface area (Å²) < 4.78 is 44.8. The van der Waals surface area contributed by atoms with E-state index in [0.717, 1.165) is 37.7 Å². The normalized spacial score (nSPS) is 21.3. The lowest BCUT2D eigenvalue weighted by molar-refractivity contribution is -0.137. The van der Waals surface area contributed by atoms with E-state index < -0.39 is 17.8 Å². The standard InChI is InChI=1S/C20H29F3N4O/c1-3-26(17-7-8-17)10-9-25-19(24-2)27-11-12-28-18(14-27)15-5-4-6-16(13-15)20(21,22)23/h4-6,13,17-18H,3,7-12,14H2,1-2H3,(H,24,25). The van der Waals surface area contributed by atoms with Crippen LogP contribution in [0.4, 0.5) is 13.2 Å². The van der Waals surface area contributed by atoms with Crippen LogP contribution in [-0.4, -0.2) is 68.2 Å². The number of nitrogens with zero attached hydrogens (tertiary/aromatic N) is 3. The van der Waals surface area contributed by atoms with Crippen LogP contribution in [0.1, 0.15) is 37.0 Å². The number of halogens is 3. The van der Waals surface area contributed by atoms with Gasteiger partial charge in [0.2, 0.25) is 0 Å². The molecule has 2 aliphatic rings. The van der Waals surface area contributed by atoms with Crippen molar-refractivity contribution < 1.29 is 17.9 Å². The number of nitrogens with one attached hydrogen (secondary N) is 1. The number of ether oxygens (including phenoxy) is 1. The monoisotopic (exact) mass is 398 g/mol. The van der Waals surface area contributed by atoms with E-state index in [-0.39, 0.29) is 0 Å². The quantitative estimate of drug-likeness (QED) is 0.590. The van der Waals surface area contributed by atoms with Crippen LogP contribution in [0.5, 0.6) is 0 Å². The highest BCUT2D eigenvalue weighted by molar-refractivity contribution is 5.80. The third kappa shape index (κ3) is 5.38. The SMILES string of the molecule is CCN(CCNC(=NC)N1CCOC(c2cccc(C(F)(F)F)c2)C1)C1CC1. The number of benzene rings is 1. The minimum atomic E-state index is -4.35. The van der Waals surface area contributed by atoms with Gasteiger partial charge in [0.05, 0.1) is 18.7 Å². The van der Waals surface area contributed by atoms with Gasteiger partial charge < -0.3 is 15.0 Å². The molecular formula is C20H29F3N4O. The van der Waals surface area contributed by atoms with Crippen molar-refractivity contribution in [2.75, 3.05) is 46.4 Å². The van der Waals surface area contributed by atoms with E-state index >= 15 is 0 Å². The third-order valence-electron chi connectivity index (χ3n) is 5.32. The molecule has 0 amide bonds. The zero-order valence-electron chi connectivity index (χ0n) is 16.5. The lowest BCUT2D eigenvalue weighted by Crippen LogP contribution is -2.49. The predicted molar refractivity (Wildman–Crippen MR) is 103 cm³/mol. The second-order valence-corrected chi connectivity index (χ2v) is 7.26. The first-order valence-corrected chi connectivity index (χ1v) is 9.90. The first-order chi connectivity index (χ1) is 13.4. The van der Waals surface area contributed by atoms with Crippen molar-refractivity contribution in [1.29, 1.82) is 0 Å². The Labute approximate surface area is 164 Å². The minimum Gasteiger partial charge on any atom is -0.370 e. The molecule has 1 saturated carbocycles. The van der Waals surface area contributed by atoms with Gasteiger partial charge >= 0.3 is 6.18 Å². The molecule has 1 aromatic rings. The van der Waals surface area contributed by atoms with E-state index in [9.17, 15) is 13.2 Å². The molecule has 0 radical (unpaired) electrons. The van der Waals surface area contributed by atoms with Crippen molar-refractivity contribution >= 4 is 5.96 Å². The smallest absolute Gasteiger partial charge is 0.370 e. The topological polar surface area (TPSA) is 40.1 Å². The maximum atomic E-state index is 13.0. The second kappa shape index (κ2) is 9.13. The Balaban J connectivity index is 1.58. The highest BCUT2D eigenvalue weighted by Gasteiger charge is 2.32. The molecule has 1 aliphatic carbocycles. The van der Waals surface area contributed by atoms with E-state index in [4.69, 9.17) is 4.74 Å². The molecule has 1 aliphatic heterocycles. The van der Waals surface area contributed by atoms with Crippen LogP contribution in [0.15, 0.2) is 29.3 Å². The Kier molecular flexibility index (Phi) is 6.82. The summed E-state index contributed by atoms with van der Waals surface area (Å²) >= 11 is 0. The Morgan fingerprint density at radius 1 is 1.36 bits per heavy atom. The summed E-state index contributed by atoms with van der Waals surface area (Å²) in [6.07, 6.45) is -2.20. The summed E-state index contributed by atoms with van der Waals surface area (Å²) in [6, 6.07) is 6.12. The molecule has 1 atom stereocenters. The van der Waals surface area contributed by atoms with Gasteiger partial charge in [-0.15, -0.1) is 0 Å². The molecule has 156 valence electrons. The summed E-state index contributed by atoms with van der Waals surface area (Å²) in [4.78, 5) is 8.88. The van der Waals surface area contributed by atoms with Crippen molar-refractivity contribution in [1.82, 2.24) is 15.1 Å². The Bertz CT molecular complexity index is 676. The Morgan fingerprint density at radius 2 is 2.14 bits per heavy atom. The molecule has 1 unspecified atom stereocenters. The molecule has 2 fully saturated rings. The number of rotatable bonds is 6. The van der Waals surface area contributed by atoms with Crippen molar-refractivity contribution in [2.45, 2.75) is 38.1 Å². The van der Waals surface area contributed by atoms with E-state index in [1.54, 1.807) is 13.1 Å². The average Bonchev–Trinajstić information content (AvgIpc) is 3.53. The second-order valence-electron chi connectivity index (χ2n) is 7.26. The van der Waals surface area contributed by atoms with E-state index in [1.807, 2.05) is 0 Å². The predicted octanol–water partition coefficient (Wildman–Crippen LogP) is 3.14. The molecule has 28 heavy (non-hydrogen) atoms. The number of alkyl halides is 3. The molecule has 1 aromatic carbocycles. The Hall–Kier alpha value is -1.80. The molecule has 0 bridgehead atoms. The molecule has 1 N–H and O–H groups in total. The fourth-order valence-electron chi connectivity index (χ4n) is 3.64. The summed E-state index contributed by atoms with van der Waals surface area (Å²) in [5.74, 6) is 0.770. The van der Waals surface area contributed by atoms with E-state index in [1.165, 1.54) is 25.0 Å². The lowest BCUT2D eigenvalue weighted by Gasteiger charge is -2.35. The summed E-state index contributed by atoms with van der Waals surface area (Å²) in [5.41, 5.74) is -0.103. The first kappa shape index (κ1) is 20.9. The third-order valence-corrected chi connectivity index (χ3v) is 5.32. The van der Waals surface area contributed by atoms with Gasteiger partial charge in [-0.25, -0.2) is 0 Å². The van der Waals surface area contributed by atoms with E-state index in [2.05, 4.69) is 27.0 Å². The number of hydrogen-bond donors (Lipinski definition) is 1. The van der Waals surface area contributed by atoms with Crippen molar-refractivity contribution in [3.8, 4) is 0 Å². The van der Waals surface area contributed by atoms with Gasteiger partial charge in [-0.05, 0) is 37.1 Å². The minimum absolute atomic E-state index is 0.409. The van der Waals surface area contributed by atoms with Gasteiger partial charge in [0.15, 0.2) is 5.96 Å². The van der Waals surface area contributed by atoms with Crippen molar-refractivity contribution in [3.05, 3.63) is 35.4 Å². The molecule has 0 spiro atoms. The molecule has 1 saturated heterocycles. The van der Waals surface area contributed by atoms with Gasteiger partial charge in [-0.3, -0.25) is 9.89 Å². The molecule has 0 aromatic heterocycles. The highest BCUT2D eigenvalue weighted by Crippen LogP contribution is 2.32. The highest BCUT2D eigenvalue weighted by atomic mass is 19.4. The van der Waals surface area contributed by atoms with Crippen LogP contribution < -0.4 is 5.32 Å². The molecule has 1 heterocycles. The van der Waals surface area contributed by atoms with E-state index in [0.29, 0.717) is 25.3 Å². The van der Waals surface area contributed by atoms with Crippen LogP contribution in [0.3, 0.4) is 0 Å². The van der Waals surface area contributed by atoms with Crippen LogP contribution in [0.25, 0.3) is 0 Å². The Morgan fingerprint density at radius 3 is 2.79 bits per heavy atom. The molecule has 3 rings (SSSR count). The van der Waals surface area contributed by atoms with Crippen LogP contribution in [0.2, 0.25) is 0 Å². The number of guanidine groups is 1. The maximum absolute atomic E-state index is 13.0. The summed E-state index contributed by atoms with van der Waals surface area (Å²) in [6.45, 7) is 6.56. The number of hydrogen-bond acceptors (Lipinski definition) is 3. The van der Waals surface area contributed by atoms with Gasteiger partial charge in [0.1, 0.15) is 6.10 Å². The number of aliphatic imine (C=N–C) groups is 1. The molecule has 8 heteroatoms. The molecule has 5 nitrogen and oxygen atoms in total.